The maximum atomic E-state index is 5.48. The highest BCUT2D eigenvalue weighted by atomic mass is 32.1. The number of likely N-dealkylation sites (N-methyl/N-ethyl adjacent to an activating group) is 1. The summed E-state index contributed by atoms with van der Waals surface area (Å²) in [5.41, 5.74) is 1.34. The molecule has 2 aliphatic rings. The van der Waals surface area contributed by atoms with Gasteiger partial charge in [-0.1, -0.05) is 6.92 Å². The molecule has 4 rings (SSSR count). The van der Waals surface area contributed by atoms with Crippen LogP contribution in [0.1, 0.15) is 29.6 Å². The zero-order chi connectivity index (χ0) is 19.0. The van der Waals surface area contributed by atoms with Crippen LogP contribution in [0.15, 0.2) is 0 Å². The van der Waals surface area contributed by atoms with Crippen LogP contribution in [0.25, 0.3) is 10.2 Å². The maximum absolute atomic E-state index is 5.48. The van der Waals surface area contributed by atoms with Crippen LogP contribution < -0.4 is 4.90 Å². The highest BCUT2D eigenvalue weighted by Gasteiger charge is 2.29. The number of aromatic nitrogens is 2. The Bertz CT molecular complexity index is 801. The second kappa shape index (κ2) is 7.99. The molecule has 2 aliphatic heterocycles. The van der Waals surface area contributed by atoms with Crippen LogP contribution in [0.3, 0.4) is 0 Å². The van der Waals surface area contributed by atoms with E-state index in [2.05, 4.69) is 42.5 Å². The minimum absolute atomic E-state index is 0.614. The third-order valence-electron chi connectivity index (χ3n) is 6.11. The van der Waals surface area contributed by atoms with Crippen LogP contribution in [-0.4, -0.2) is 78.8 Å². The molecule has 27 heavy (non-hydrogen) atoms. The van der Waals surface area contributed by atoms with Gasteiger partial charge in [0.15, 0.2) is 0 Å². The van der Waals surface area contributed by atoms with Gasteiger partial charge in [0.05, 0.1) is 25.1 Å². The largest absolute Gasteiger partial charge is 0.379 e. The normalized spacial score (nSPS) is 21.7. The fraction of sp³-hybridized carbons (Fsp3) is 0.700. The molecule has 2 aromatic heterocycles. The number of fused-ring (bicyclic) bond motifs is 1. The lowest BCUT2D eigenvalue weighted by Crippen LogP contribution is -2.36. The van der Waals surface area contributed by atoms with E-state index >= 15 is 0 Å². The Hall–Kier alpha value is -1.28. The van der Waals surface area contributed by atoms with E-state index in [0.29, 0.717) is 6.04 Å². The van der Waals surface area contributed by atoms with Crippen molar-refractivity contribution in [2.45, 2.75) is 39.8 Å². The average molecular weight is 390 g/mol. The molecule has 0 saturated carbocycles. The molecule has 7 heteroatoms. The van der Waals surface area contributed by atoms with Crippen molar-refractivity contribution in [3.05, 3.63) is 16.3 Å². The molecular weight excluding hydrogens is 358 g/mol. The van der Waals surface area contributed by atoms with E-state index in [0.717, 1.165) is 69.0 Å². The Morgan fingerprint density at radius 2 is 1.96 bits per heavy atom. The highest BCUT2D eigenvalue weighted by molar-refractivity contribution is 7.18. The van der Waals surface area contributed by atoms with E-state index in [1.165, 1.54) is 22.2 Å². The molecule has 0 spiro atoms. The van der Waals surface area contributed by atoms with Crippen LogP contribution in [0.2, 0.25) is 0 Å². The summed E-state index contributed by atoms with van der Waals surface area (Å²) in [6.07, 6.45) is 1.21. The van der Waals surface area contributed by atoms with Crippen molar-refractivity contribution in [1.82, 2.24) is 19.8 Å². The zero-order valence-corrected chi connectivity index (χ0v) is 17.8. The fourth-order valence-electron chi connectivity index (χ4n) is 4.08. The Kier molecular flexibility index (Phi) is 5.64. The van der Waals surface area contributed by atoms with Gasteiger partial charge in [0.25, 0.3) is 0 Å². The molecule has 148 valence electrons. The lowest BCUT2D eigenvalue weighted by Gasteiger charge is -2.27. The van der Waals surface area contributed by atoms with Crippen molar-refractivity contribution in [2.75, 3.05) is 57.9 Å². The second-order valence-corrected chi connectivity index (χ2v) is 8.98. The van der Waals surface area contributed by atoms with Gasteiger partial charge >= 0.3 is 0 Å². The number of ether oxygens (including phenoxy) is 1. The van der Waals surface area contributed by atoms with Gasteiger partial charge in [-0.05, 0) is 39.4 Å². The summed E-state index contributed by atoms with van der Waals surface area (Å²) in [6, 6.07) is 0.614. The molecule has 6 nitrogen and oxygen atoms in total. The van der Waals surface area contributed by atoms with Gasteiger partial charge in [0.2, 0.25) is 0 Å². The number of hydrogen-bond acceptors (Lipinski definition) is 7. The number of morpholine rings is 1. The first-order valence-electron chi connectivity index (χ1n) is 10.1. The molecule has 2 fully saturated rings. The predicted octanol–water partition coefficient (Wildman–Crippen LogP) is 2.67. The molecule has 0 amide bonds. The third kappa shape index (κ3) is 3.83. The molecule has 2 aromatic rings. The predicted molar refractivity (Wildman–Crippen MR) is 112 cm³/mol. The van der Waals surface area contributed by atoms with E-state index in [9.17, 15) is 0 Å². The summed E-state index contributed by atoms with van der Waals surface area (Å²) >= 11 is 1.81. The van der Waals surface area contributed by atoms with Crippen LogP contribution in [0.4, 0.5) is 5.82 Å². The first-order valence-corrected chi connectivity index (χ1v) is 10.9. The van der Waals surface area contributed by atoms with Crippen LogP contribution in [0.5, 0.6) is 0 Å². The summed E-state index contributed by atoms with van der Waals surface area (Å²) in [5.74, 6) is 2.10. The molecule has 0 bridgehead atoms. The van der Waals surface area contributed by atoms with Gasteiger partial charge in [0.1, 0.15) is 16.5 Å². The second-order valence-electron chi connectivity index (χ2n) is 7.78. The zero-order valence-electron chi connectivity index (χ0n) is 17.0. The lowest BCUT2D eigenvalue weighted by atomic mass is 10.2. The molecule has 0 N–H and O–H groups in total. The van der Waals surface area contributed by atoms with Gasteiger partial charge in [-0.2, -0.15) is 0 Å². The number of rotatable bonds is 5. The average Bonchev–Trinajstić information content (AvgIpc) is 3.27. The Morgan fingerprint density at radius 1 is 1.19 bits per heavy atom. The summed E-state index contributed by atoms with van der Waals surface area (Å²) in [4.78, 5) is 19.9. The number of nitrogens with zero attached hydrogens (tertiary/aromatic N) is 5. The van der Waals surface area contributed by atoms with Crippen molar-refractivity contribution in [3.8, 4) is 0 Å². The van der Waals surface area contributed by atoms with E-state index in [-0.39, 0.29) is 0 Å². The van der Waals surface area contributed by atoms with Crippen molar-refractivity contribution in [2.24, 2.45) is 0 Å². The Morgan fingerprint density at radius 3 is 2.70 bits per heavy atom. The minimum atomic E-state index is 0.614. The first-order chi connectivity index (χ1) is 13.1. The standard InChI is InChI=1S/C20H31N5OS/c1-5-23(4)16-6-7-25(12-16)19-18-14(2)15(3)27-20(18)22-17(21-19)13-24-8-10-26-11-9-24/h16H,5-13H2,1-4H3. The van der Waals surface area contributed by atoms with Gasteiger partial charge < -0.3 is 14.5 Å². The molecule has 0 radical (unpaired) electrons. The maximum Gasteiger partial charge on any atom is 0.146 e. The van der Waals surface area contributed by atoms with E-state index in [4.69, 9.17) is 14.7 Å². The minimum Gasteiger partial charge on any atom is -0.379 e. The number of hydrogen-bond donors (Lipinski definition) is 0. The molecule has 1 unspecified atom stereocenters. The monoisotopic (exact) mass is 389 g/mol. The molecule has 1 atom stereocenters. The van der Waals surface area contributed by atoms with Crippen LogP contribution >= 0.6 is 11.3 Å². The van der Waals surface area contributed by atoms with E-state index in [1.54, 1.807) is 0 Å². The number of thiophene rings is 1. The topological polar surface area (TPSA) is 44.7 Å². The van der Waals surface area contributed by atoms with Crippen molar-refractivity contribution in [1.29, 1.82) is 0 Å². The van der Waals surface area contributed by atoms with Gasteiger partial charge in [-0.15, -0.1) is 11.3 Å². The van der Waals surface area contributed by atoms with E-state index < -0.39 is 0 Å². The summed E-state index contributed by atoms with van der Waals surface area (Å²) in [6.45, 7) is 14.2. The Labute approximate surface area is 166 Å². The fourth-order valence-corrected chi connectivity index (χ4v) is 5.13. The summed E-state index contributed by atoms with van der Waals surface area (Å²) in [5, 5.41) is 1.27. The number of anilines is 1. The lowest BCUT2D eigenvalue weighted by molar-refractivity contribution is 0.0331. The molecule has 2 saturated heterocycles. The Balaban J connectivity index is 1.67. The van der Waals surface area contributed by atoms with Gasteiger partial charge in [0, 0.05) is 37.1 Å². The van der Waals surface area contributed by atoms with Crippen molar-refractivity contribution >= 4 is 27.4 Å². The third-order valence-corrected chi connectivity index (χ3v) is 7.21. The van der Waals surface area contributed by atoms with Gasteiger partial charge in [-0.25, -0.2) is 9.97 Å². The molecule has 0 aromatic carbocycles. The first kappa shape index (κ1) is 19.1. The summed E-state index contributed by atoms with van der Waals surface area (Å²) in [7, 11) is 2.23. The molecule has 4 heterocycles. The molecule has 0 aliphatic carbocycles. The molecular formula is C20H31N5OS. The SMILES string of the molecule is CCN(C)C1CCN(c2nc(CN3CCOCC3)nc3sc(C)c(C)c23)C1. The van der Waals surface area contributed by atoms with Crippen molar-refractivity contribution < 1.29 is 4.74 Å². The van der Waals surface area contributed by atoms with Crippen LogP contribution in [0, 0.1) is 13.8 Å². The van der Waals surface area contributed by atoms with Gasteiger partial charge in [-0.3, -0.25) is 4.90 Å². The quantitative estimate of drug-likeness (QED) is 0.783. The van der Waals surface area contributed by atoms with Crippen molar-refractivity contribution in [3.63, 3.8) is 0 Å². The highest BCUT2D eigenvalue weighted by Crippen LogP contribution is 2.36. The summed E-state index contributed by atoms with van der Waals surface area (Å²) < 4.78 is 5.48. The number of aryl methyl sites for hydroxylation is 2. The van der Waals surface area contributed by atoms with E-state index in [1.807, 2.05) is 11.3 Å². The van der Waals surface area contributed by atoms with Crippen LogP contribution in [-0.2, 0) is 11.3 Å². The smallest absolute Gasteiger partial charge is 0.146 e.